The van der Waals surface area contributed by atoms with E-state index in [2.05, 4.69) is 0 Å². The first-order valence-electron chi connectivity index (χ1n) is 4.44. The topological polar surface area (TPSA) is 26.0 Å². The molecule has 0 spiro atoms. The average molecular weight is 258 g/mol. The molecule has 15 heavy (non-hydrogen) atoms. The number of hydrogen-bond acceptors (Lipinski definition) is 2. The van der Waals surface area contributed by atoms with Gasteiger partial charge in [-0.15, -0.1) is 11.3 Å². The van der Waals surface area contributed by atoms with Gasteiger partial charge in [0.15, 0.2) is 0 Å². The minimum Gasteiger partial charge on any atom is -0.326 e. The van der Waals surface area contributed by atoms with E-state index in [-0.39, 0.29) is 0 Å². The molecule has 1 heterocycles. The maximum absolute atomic E-state index is 6.12. The van der Waals surface area contributed by atoms with Gasteiger partial charge >= 0.3 is 0 Å². The highest BCUT2D eigenvalue weighted by Gasteiger charge is 2.09. The largest absolute Gasteiger partial charge is 0.326 e. The van der Waals surface area contributed by atoms with Gasteiger partial charge in [0, 0.05) is 27.0 Å². The fraction of sp³-hybridized carbons (Fsp3) is 0.0909. The molecule has 0 aliphatic heterocycles. The molecule has 0 saturated carbocycles. The van der Waals surface area contributed by atoms with Crippen LogP contribution < -0.4 is 5.73 Å². The third-order valence-electron chi connectivity index (χ3n) is 2.15. The van der Waals surface area contributed by atoms with Crippen LogP contribution in [0, 0.1) is 0 Å². The molecule has 0 aliphatic rings. The number of halogens is 2. The molecule has 0 fully saturated rings. The van der Waals surface area contributed by atoms with E-state index < -0.39 is 0 Å². The zero-order chi connectivity index (χ0) is 10.8. The molecule has 1 nitrogen and oxygen atoms in total. The Morgan fingerprint density at radius 2 is 1.93 bits per heavy atom. The molecule has 78 valence electrons. The third-order valence-corrected chi connectivity index (χ3v) is 3.66. The lowest BCUT2D eigenvalue weighted by atomic mass is 10.1. The van der Waals surface area contributed by atoms with Gasteiger partial charge in [-0.25, -0.2) is 0 Å². The van der Waals surface area contributed by atoms with Gasteiger partial charge in [-0.05, 0) is 35.2 Å². The van der Waals surface area contributed by atoms with Gasteiger partial charge < -0.3 is 5.73 Å². The SMILES string of the molecule is NCc1sccc1-c1cc(Cl)ccc1Cl. The summed E-state index contributed by atoms with van der Waals surface area (Å²) in [5, 5.41) is 3.39. The fourth-order valence-electron chi connectivity index (χ4n) is 1.44. The monoisotopic (exact) mass is 257 g/mol. The molecule has 2 rings (SSSR count). The second-order valence-electron chi connectivity index (χ2n) is 3.09. The molecule has 1 aromatic carbocycles. The Hall–Kier alpha value is -0.540. The summed E-state index contributed by atoms with van der Waals surface area (Å²) in [6.45, 7) is 0.524. The molecule has 0 bridgehead atoms. The van der Waals surface area contributed by atoms with Crippen LogP contribution in [0.3, 0.4) is 0 Å². The van der Waals surface area contributed by atoms with Crippen LogP contribution in [0.15, 0.2) is 29.6 Å². The van der Waals surface area contributed by atoms with Gasteiger partial charge in [-0.1, -0.05) is 23.2 Å². The molecular formula is C11H9Cl2NS. The standard InChI is InChI=1S/C11H9Cl2NS/c12-7-1-2-10(13)9(5-7)8-3-4-15-11(8)6-14/h1-5H,6,14H2. The van der Waals surface area contributed by atoms with Crippen molar-refractivity contribution in [2.75, 3.05) is 0 Å². The molecule has 1 aromatic heterocycles. The van der Waals surface area contributed by atoms with Gasteiger partial charge in [0.25, 0.3) is 0 Å². The Morgan fingerprint density at radius 1 is 1.13 bits per heavy atom. The normalized spacial score (nSPS) is 10.6. The Bertz CT molecular complexity index is 479. The highest BCUT2D eigenvalue weighted by molar-refractivity contribution is 7.10. The van der Waals surface area contributed by atoms with Crippen LogP contribution in [0.4, 0.5) is 0 Å². The first-order chi connectivity index (χ1) is 7.22. The van der Waals surface area contributed by atoms with Crippen molar-refractivity contribution in [2.45, 2.75) is 6.54 Å². The zero-order valence-corrected chi connectivity index (χ0v) is 10.2. The van der Waals surface area contributed by atoms with E-state index in [0.717, 1.165) is 16.0 Å². The lowest BCUT2D eigenvalue weighted by molar-refractivity contribution is 1.11. The van der Waals surface area contributed by atoms with Crippen LogP contribution in [0.1, 0.15) is 4.88 Å². The number of rotatable bonds is 2. The molecule has 0 amide bonds. The maximum Gasteiger partial charge on any atom is 0.0485 e. The lowest BCUT2D eigenvalue weighted by Gasteiger charge is -2.05. The van der Waals surface area contributed by atoms with Crippen LogP contribution in [-0.2, 0) is 6.54 Å². The van der Waals surface area contributed by atoms with Gasteiger partial charge in [-0.2, -0.15) is 0 Å². The van der Waals surface area contributed by atoms with Crippen molar-refractivity contribution < 1.29 is 0 Å². The van der Waals surface area contributed by atoms with E-state index in [4.69, 9.17) is 28.9 Å². The Morgan fingerprint density at radius 3 is 2.67 bits per heavy atom. The summed E-state index contributed by atoms with van der Waals surface area (Å²) in [7, 11) is 0. The zero-order valence-electron chi connectivity index (χ0n) is 7.84. The molecule has 2 N–H and O–H groups in total. The van der Waals surface area contributed by atoms with Crippen molar-refractivity contribution in [1.82, 2.24) is 0 Å². The van der Waals surface area contributed by atoms with Crippen LogP contribution in [0.2, 0.25) is 10.0 Å². The molecular weight excluding hydrogens is 249 g/mol. The molecule has 0 atom stereocenters. The van der Waals surface area contributed by atoms with E-state index in [1.165, 1.54) is 0 Å². The summed E-state index contributed by atoms with van der Waals surface area (Å²) in [5.41, 5.74) is 7.68. The average Bonchev–Trinajstić information content (AvgIpc) is 2.69. The molecule has 0 unspecified atom stereocenters. The molecule has 0 radical (unpaired) electrons. The smallest absolute Gasteiger partial charge is 0.0485 e. The number of nitrogens with two attached hydrogens (primary N) is 1. The Kier molecular flexibility index (Phi) is 3.32. The first kappa shape index (κ1) is 11.0. The predicted octanol–water partition coefficient (Wildman–Crippen LogP) is 4.18. The van der Waals surface area contributed by atoms with Gasteiger partial charge in [0.2, 0.25) is 0 Å². The summed E-state index contributed by atoms with van der Waals surface area (Å²) in [5.74, 6) is 0. The van der Waals surface area contributed by atoms with E-state index >= 15 is 0 Å². The third kappa shape index (κ3) is 2.18. The second-order valence-corrected chi connectivity index (χ2v) is 4.93. The summed E-state index contributed by atoms with van der Waals surface area (Å²) in [6, 6.07) is 7.47. The maximum atomic E-state index is 6.12. The van der Waals surface area contributed by atoms with E-state index in [9.17, 15) is 0 Å². The van der Waals surface area contributed by atoms with Crippen LogP contribution in [0.25, 0.3) is 11.1 Å². The highest BCUT2D eigenvalue weighted by atomic mass is 35.5. The molecule has 2 aromatic rings. The molecule has 4 heteroatoms. The highest BCUT2D eigenvalue weighted by Crippen LogP contribution is 2.34. The van der Waals surface area contributed by atoms with Gasteiger partial charge in [0.1, 0.15) is 0 Å². The Balaban J connectivity index is 2.58. The van der Waals surface area contributed by atoms with Crippen molar-refractivity contribution in [3.8, 4) is 11.1 Å². The van der Waals surface area contributed by atoms with Gasteiger partial charge in [0.05, 0.1) is 0 Å². The van der Waals surface area contributed by atoms with E-state index in [0.29, 0.717) is 16.6 Å². The quantitative estimate of drug-likeness (QED) is 0.859. The van der Waals surface area contributed by atoms with Crippen molar-refractivity contribution >= 4 is 34.5 Å². The summed E-state index contributed by atoms with van der Waals surface area (Å²) in [4.78, 5) is 1.12. The van der Waals surface area contributed by atoms with Crippen LogP contribution in [0.5, 0.6) is 0 Å². The van der Waals surface area contributed by atoms with Crippen molar-refractivity contribution in [3.05, 3.63) is 44.6 Å². The fourth-order valence-corrected chi connectivity index (χ4v) is 2.60. The van der Waals surface area contributed by atoms with Crippen molar-refractivity contribution in [1.29, 1.82) is 0 Å². The van der Waals surface area contributed by atoms with Crippen molar-refractivity contribution in [2.24, 2.45) is 5.73 Å². The summed E-state index contributed by atoms with van der Waals surface area (Å²) < 4.78 is 0. The van der Waals surface area contributed by atoms with E-state index in [1.807, 2.05) is 17.5 Å². The van der Waals surface area contributed by atoms with Crippen LogP contribution in [-0.4, -0.2) is 0 Å². The second kappa shape index (κ2) is 4.54. The molecule has 0 saturated heterocycles. The number of thiophene rings is 1. The van der Waals surface area contributed by atoms with Gasteiger partial charge in [-0.3, -0.25) is 0 Å². The van der Waals surface area contributed by atoms with Crippen LogP contribution >= 0.6 is 34.5 Å². The lowest BCUT2D eigenvalue weighted by Crippen LogP contribution is -1.94. The van der Waals surface area contributed by atoms with E-state index in [1.54, 1.807) is 23.5 Å². The minimum atomic E-state index is 0.524. The summed E-state index contributed by atoms with van der Waals surface area (Å²) in [6.07, 6.45) is 0. The minimum absolute atomic E-state index is 0.524. The van der Waals surface area contributed by atoms with Crippen molar-refractivity contribution in [3.63, 3.8) is 0 Å². The molecule has 0 aliphatic carbocycles. The Labute approximate surface area is 102 Å². The summed E-state index contributed by atoms with van der Waals surface area (Å²) >= 11 is 13.7. The number of hydrogen-bond donors (Lipinski definition) is 1. The first-order valence-corrected chi connectivity index (χ1v) is 6.08. The predicted molar refractivity (Wildman–Crippen MR) is 67.7 cm³/mol. The number of benzene rings is 1.